The van der Waals surface area contributed by atoms with Crippen molar-refractivity contribution in [3.05, 3.63) is 33.9 Å². The van der Waals surface area contributed by atoms with E-state index in [1.165, 1.54) is 25.3 Å². The van der Waals surface area contributed by atoms with Crippen LogP contribution >= 0.6 is 0 Å². The topological polar surface area (TPSA) is 105 Å². The van der Waals surface area contributed by atoms with Crippen molar-refractivity contribution < 1.29 is 19.7 Å². The molecule has 8 heteroatoms. The van der Waals surface area contributed by atoms with E-state index in [0.717, 1.165) is 0 Å². The van der Waals surface area contributed by atoms with Crippen molar-refractivity contribution in [1.29, 1.82) is 0 Å². The minimum absolute atomic E-state index is 0.0560. The Morgan fingerprint density at radius 1 is 1.43 bits per heavy atom. The number of nitro benzene ring substituents is 1. The highest BCUT2D eigenvalue weighted by molar-refractivity contribution is 5.96. The molecule has 0 aliphatic carbocycles. The molecule has 0 bridgehead atoms. The van der Waals surface area contributed by atoms with Gasteiger partial charge >= 0.3 is 5.69 Å². The van der Waals surface area contributed by atoms with E-state index in [2.05, 4.69) is 5.16 Å². The highest BCUT2D eigenvalue weighted by atomic mass is 16.6. The number of piperidine rings is 1. The molecule has 1 aromatic rings. The third-order valence-electron chi connectivity index (χ3n) is 3.39. The molecule has 1 saturated heterocycles. The van der Waals surface area contributed by atoms with E-state index in [9.17, 15) is 14.9 Å². The molecule has 21 heavy (non-hydrogen) atoms. The van der Waals surface area contributed by atoms with Crippen LogP contribution in [0, 0.1) is 10.1 Å². The molecule has 1 amide bonds. The van der Waals surface area contributed by atoms with Gasteiger partial charge in [0.2, 0.25) is 0 Å². The summed E-state index contributed by atoms with van der Waals surface area (Å²) < 4.78 is 4.95. The van der Waals surface area contributed by atoms with Crippen LogP contribution in [0.25, 0.3) is 0 Å². The molecule has 0 unspecified atom stereocenters. The Bertz CT molecular complexity index is 589. The van der Waals surface area contributed by atoms with Crippen LogP contribution in [0.15, 0.2) is 23.4 Å². The van der Waals surface area contributed by atoms with Crippen LogP contribution < -0.4 is 4.74 Å². The molecule has 1 heterocycles. The monoisotopic (exact) mass is 293 g/mol. The van der Waals surface area contributed by atoms with Crippen molar-refractivity contribution in [3.8, 4) is 5.75 Å². The summed E-state index contributed by atoms with van der Waals surface area (Å²) in [7, 11) is 1.32. The van der Waals surface area contributed by atoms with E-state index < -0.39 is 4.92 Å². The number of nitro groups is 1. The van der Waals surface area contributed by atoms with Crippen LogP contribution in [-0.4, -0.2) is 46.8 Å². The van der Waals surface area contributed by atoms with Gasteiger partial charge in [-0.3, -0.25) is 14.9 Å². The molecule has 0 atom stereocenters. The third kappa shape index (κ3) is 3.10. The molecule has 0 aromatic heterocycles. The Hall–Kier alpha value is -2.64. The average Bonchev–Trinajstić information content (AvgIpc) is 2.53. The summed E-state index contributed by atoms with van der Waals surface area (Å²) in [5.74, 6) is -0.166. The fourth-order valence-electron chi connectivity index (χ4n) is 2.21. The van der Waals surface area contributed by atoms with Gasteiger partial charge < -0.3 is 14.8 Å². The van der Waals surface area contributed by atoms with Gasteiger partial charge in [-0.15, -0.1) is 0 Å². The van der Waals surface area contributed by atoms with E-state index in [1.54, 1.807) is 4.90 Å². The van der Waals surface area contributed by atoms with Gasteiger partial charge in [-0.1, -0.05) is 5.16 Å². The van der Waals surface area contributed by atoms with Crippen LogP contribution in [0.5, 0.6) is 5.75 Å². The number of ether oxygens (including phenoxy) is 1. The maximum absolute atomic E-state index is 12.3. The van der Waals surface area contributed by atoms with E-state index in [-0.39, 0.29) is 17.3 Å². The largest absolute Gasteiger partial charge is 0.490 e. The molecule has 1 aromatic carbocycles. The molecule has 112 valence electrons. The summed E-state index contributed by atoms with van der Waals surface area (Å²) in [5, 5.41) is 22.7. The van der Waals surface area contributed by atoms with Crippen LogP contribution in [0.3, 0.4) is 0 Å². The number of amides is 1. The lowest BCUT2D eigenvalue weighted by Gasteiger charge is -2.27. The van der Waals surface area contributed by atoms with Gasteiger partial charge in [0, 0.05) is 43.6 Å². The summed E-state index contributed by atoms with van der Waals surface area (Å²) in [6, 6.07) is 4.05. The van der Waals surface area contributed by atoms with E-state index >= 15 is 0 Å². The molecular weight excluding hydrogens is 278 g/mol. The zero-order chi connectivity index (χ0) is 15.4. The molecule has 0 saturated carbocycles. The van der Waals surface area contributed by atoms with Crippen molar-refractivity contribution in [1.82, 2.24) is 4.90 Å². The number of hydrogen-bond donors (Lipinski definition) is 1. The Morgan fingerprint density at radius 2 is 2.10 bits per heavy atom. The van der Waals surface area contributed by atoms with Gasteiger partial charge in [0.15, 0.2) is 5.75 Å². The number of rotatable bonds is 3. The maximum atomic E-state index is 12.3. The molecule has 1 N–H and O–H groups in total. The number of likely N-dealkylation sites (tertiary alicyclic amines) is 1. The van der Waals surface area contributed by atoms with Crippen molar-refractivity contribution in [2.24, 2.45) is 5.16 Å². The first-order valence-corrected chi connectivity index (χ1v) is 6.38. The number of nitrogens with zero attached hydrogens (tertiary/aromatic N) is 3. The normalized spacial score (nSPS) is 14.7. The van der Waals surface area contributed by atoms with Crippen LogP contribution in [-0.2, 0) is 0 Å². The minimum Gasteiger partial charge on any atom is -0.490 e. The SMILES string of the molecule is COc1cc(C(=O)N2CCC(=NO)CC2)ccc1[N+](=O)[O-]. The number of carbonyl (C=O) groups excluding carboxylic acids is 1. The van der Waals surface area contributed by atoms with Crippen LogP contribution in [0.1, 0.15) is 23.2 Å². The minimum atomic E-state index is -0.558. The molecule has 8 nitrogen and oxygen atoms in total. The second-order valence-electron chi connectivity index (χ2n) is 4.60. The van der Waals surface area contributed by atoms with Gasteiger partial charge in [-0.25, -0.2) is 0 Å². The quantitative estimate of drug-likeness (QED) is 0.518. The predicted octanol–water partition coefficient (Wildman–Crippen LogP) is 1.67. The van der Waals surface area contributed by atoms with Crippen molar-refractivity contribution >= 4 is 17.3 Å². The highest BCUT2D eigenvalue weighted by Gasteiger charge is 2.23. The first-order chi connectivity index (χ1) is 10.1. The second-order valence-corrected chi connectivity index (χ2v) is 4.60. The Balaban J connectivity index is 2.18. The molecular formula is C13H15N3O5. The average molecular weight is 293 g/mol. The Labute approximate surface area is 120 Å². The van der Waals surface area contributed by atoms with Crippen molar-refractivity contribution in [2.75, 3.05) is 20.2 Å². The zero-order valence-corrected chi connectivity index (χ0v) is 11.5. The summed E-state index contributed by atoms with van der Waals surface area (Å²) in [5.41, 5.74) is 0.824. The zero-order valence-electron chi connectivity index (χ0n) is 11.5. The molecule has 2 rings (SSSR count). The maximum Gasteiger partial charge on any atom is 0.310 e. The van der Waals surface area contributed by atoms with E-state index in [4.69, 9.17) is 9.94 Å². The standard InChI is InChI=1S/C13H15N3O5/c1-21-12-8-9(2-3-11(12)16(19)20)13(17)15-6-4-10(14-18)5-7-15/h2-3,8,18H,4-7H2,1H3. The first kappa shape index (κ1) is 14.8. The second kappa shape index (κ2) is 6.21. The predicted molar refractivity (Wildman–Crippen MR) is 74.0 cm³/mol. The summed E-state index contributed by atoms with van der Waals surface area (Å²) in [6.07, 6.45) is 1.04. The molecule has 1 fully saturated rings. The van der Waals surface area contributed by atoms with Gasteiger partial charge in [0.05, 0.1) is 17.7 Å². The molecule has 0 spiro atoms. The number of methoxy groups -OCH3 is 1. The number of hydrogen-bond acceptors (Lipinski definition) is 6. The summed E-state index contributed by atoms with van der Waals surface area (Å²) in [4.78, 5) is 24.2. The van der Waals surface area contributed by atoms with E-state index in [0.29, 0.717) is 37.2 Å². The number of benzene rings is 1. The number of carbonyl (C=O) groups is 1. The smallest absolute Gasteiger partial charge is 0.310 e. The highest BCUT2D eigenvalue weighted by Crippen LogP contribution is 2.28. The summed E-state index contributed by atoms with van der Waals surface area (Å²) >= 11 is 0. The van der Waals surface area contributed by atoms with Crippen LogP contribution in [0.2, 0.25) is 0 Å². The fraction of sp³-hybridized carbons (Fsp3) is 0.385. The molecule has 0 radical (unpaired) electrons. The van der Waals surface area contributed by atoms with Crippen molar-refractivity contribution in [2.45, 2.75) is 12.8 Å². The lowest BCUT2D eigenvalue weighted by Crippen LogP contribution is -2.38. The Morgan fingerprint density at radius 3 is 2.62 bits per heavy atom. The number of oxime groups is 1. The van der Waals surface area contributed by atoms with Gasteiger partial charge in [-0.05, 0) is 6.07 Å². The lowest BCUT2D eigenvalue weighted by atomic mass is 10.1. The van der Waals surface area contributed by atoms with Crippen LogP contribution in [0.4, 0.5) is 5.69 Å². The molecule has 1 aliphatic heterocycles. The molecule has 1 aliphatic rings. The first-order valence-electron chi connectivity index (χ1n) is 6.38. The lowest BCUT2D eigenvalue weighted by molar-refractivity contribution is -0.385. The van der Waals surface area contributed by atoms with Gasteiger partial charge in [0.25, 0.3) is 5.91 Å². The fourth-order valence-corrected chi connectivity index (χ4v) is 2.21. The van der Waals surface area contributed by atoms with Gasteiger partial charge in [0.1, 0.15) is 0 Å². The Kier molecular flexibility index (Phi) is 4.36. The van der Waals surface area contributed by atoms with Gasteiger partial charge in [-0.2, -0.15) is 0 Å². The third-order valence-corrected chi connectivity index (χ3v) is 3.39. The van der Waals surface area contributed by atoms with E-state index in [1.807, 2.05) is 0 Å². The van der Waals surface area contributed by atoms with Crippen molar-refractivity contribution in [3.63, 3.8) is 0 Å². The summed E-state index contributed by atoms with van der Waals surface area (Å²) in [6.45, 7) is 0.912.